The molecule has 0 bridgehead atoms. The van der Waals surface area contributed by atoms with Crippen LogP contribution in [0.25, 0.3) is 0 Å². The zero-order valence-corrected chi connectivity index (χ0v) is 18.2. The van der Waals surface area contributed by atoms with Crippen molar-refractivity contribution in [3.8, 4) is 0 Å². The highest BCUT2D eigenvalue weighted by Gasteiger charge is 2.11. The van der Waals surface area contributed by atoms with Crippen molar-refractivity contribution >= 4 is 46.3 Å². The summed E-state index contributed by atoms with van der Waals surface area (Å²) in [5, 5.41) is 11.5. The maximum atomic E-state index is 12.5. The molecular weight excluding hydrogens is 439 g/mol. The lowest BCUT2D eigenvalue weighted by atomic mass is 10.2. The van der Waals surface area contributed by atoms with Gasteiger partial charge >= 0.3 is 0 Å². The van der Waals surface area contributed by atoms with Crippen LogP contribution >= 0.6 is 34.5 Å². The lowest BCUT2D eigenvalue weighted by molar-refractivity contribution is -0.115. The first-order chi connectivity index (χ1) is 14.5. The Kier molecular flexibility index (Phi) is 6.47. The van der Waals surface area contributed by atoms with Gasteiger partial charge < -0.3 is 5.32 Å². The van der Waals surface area contributed by atoms with Crippen LogP contribution in [0, 0.1) is 0 Å². The van der Waals surface area contributed by atoms with E-state index in [-0.39, 0.29) is 12.3 Å². The van der Waals surface area contributed by atoms with E-state index in [1.165, 1.54) is 0 Å². The molecule has 1 amide bonds. The van der Waals surface area contributed by atoms with Gasteiger partial charge in [-0.25, -0.2) is 9.67 Å². The van der Waals surface area contributed by atoms with Gasteiger partial charge in [0.05, 0.1) is 29.9 Å². The van der Waals surface area contributed by atoms with Crippen LogP contribution in [0.4, 0.5) is 5.82 Å². The number of nitrogens with zero attached hydrogens (tertiary/aromatic N) is 3. The molecule has 0 radical (unpaired) electrons. The molecule has 0 saturated heterocycles. The summed E-state index contributed by atoms with van der Waals surface area (Å²) in [7, 11) is 0. The van der Waals surface area contributed by atoms with Gasteiger partial charge in [0.15, 0.2) is 0 Å². The average Bonchev–Trinajstić information content (AvgIpc) is 3.33. The van der Waals surface area contributed by atoms with Gasteiger partial charge in [-0.05, 0) is 35.4 Å². The van der Waals surface area contributed by atoms with Crippen molar-refractivity contribution in [3.05, 3.63) is 98.0 Å². The lowest BCUT2D eigenvalue weighted by Gasteiger charge is -2.09. The van der Waals surface area contributed by atoms with Gasteiger partial charge in [0.1, 0.15) is 5.82 Å². The van der Waals surface area contributed by atoms with Gasteiger partial charge in [-0.1, -0.05) is 47.5 Å². The van der Waals surface area contributed by atoms with E-state index < -0.39 is 0 Å². The summed E-state index contributed by atoms with van der Waals surface area (Å²) in [6, 6.07) is 17.0. The van der Waals surface area contributed by atoms with E-state index in [2.05, 4.69) is 15.4 Å². The number of carbonyl (C=O) groups is 1. The highest BCUT2D eigenvalue weighted by Crippen LogP contribution is 2.19. The topological polar surface area (TPSA) is 59.8 Å². The Labute approximate surface area is 188 Å². The Morgan fingerprint density at radius 1 is 1.03 bits per heavy atom. The number of halogens is 2. The van der Waals surface area contributed by atoms with E-state index in [0.717, 1.165) is 21.8 Å². The van der Waals surface area contributed by atoms with Gasteiger partial charge in [0.2, 0.25) is 5.91 Å². The second-order valence-electron chi connectivity index (χ2n) is 6.76. The number of nitrogens with one attached hydrogen (secondary N) is 1. The SMILES string of the molecule is O=C(Cc1csc(Cc2cccc(Cl)c2)n1)Nc1ccnn1Cc1ccc(Cl)cc1. The third kappa shape index (κ3) is 5.48. The van der Waals surface area contributed by atoms with Crippen molar-refractivity contribution in [1.29, 1.82) is 0 Å². The molecule has 0 aliphatic rings. The predicted molar refractivity (Wildman–Crippen MR) is 121 cm³/mol. The molecule has 2 aromatic heterocycles. The van der Waals surface area contributed by atoms with Crippen LogP contribution in [0.3, 0.4) is 0 Å². The second kappa shape index (κ2) is 9.43. The largest absolute Gasteiger partial charge is 0.311 e. The molecule has 4 aromatic rings. The van der Waals surface area contributed by atoms with E-state index in [0.29, 0.717) is 28.8 Å². The van der Waals surface area contributed by atoms with Crippen molar-refractivity contribution < 1.29 is 4.79 Å². The fourth-order valence-corrected chi connectivity index (χ4v) is 4.18. The summed E-state index contributed by atoms with van der Waals surface area (Å²) in [6.07, 6.45) is 2.57. The number of thiazole rings is 1. The molecular formula is C22H18Cl2N4OS. The Morgan fingerprint density at radius 2 is 1.87 bits per heavy atom. The van der Waals surface area contributed by atoms with Gasteiger partial charge in [-0.15, -0.1) is 11.3 Å². The van der Waals surface area contributed by atoms with Crippen LogP contribution < -0.4 is 5.32 Å². The number of benzene rings is 2. The predicted octanol–water partition coefficient (Wildman–Crippen LogP) is 5.47. The summed E-state index contributed by atoms with van der Waals surface area (Å²) in [6.45, 7) is 0.542. The van der Waals surface area contributed by atoms with Crippen LogP contribution in [0.5, 0.6) is 0 Å². The minimum atomic E-state index is -0.132. The first-order valence-electron chi connectivity index (χ1n) is 9.29. The van der Waals surface area contributed by atoms with Gasteiger partial charge in [0.25, 0.3) is 0 Å². The molecule has 8 heteroatoms. The first kappa shape index (κ1) is 20.6. The molecule has 2 heterocycles. The molecule has 5 nitrogen and oxygen atoms in total. The van der Waals surface area contributed by atoms with Gasteiger partial charge in [-0.3, -0.25) is 4.79 Å². The zero-order chi connectivity index (χ0) is 20.9. The molecule has 0 aliphatic carbocycles. The number of hydrogen-bond acceptors (Lipinski definition) is 4. The highest BCUT2D eigenvalue weighted by atomic mass is 35.5. The van der Waals surface area contributed by atoms with Crippen molar-refractivity contribution in [3.63, 3.8) is 0 Å². The van der Waals surface area contributed by atoms with Crippen LogP contribution in [-0.2, 0) is 24.2 Å². The summed E-state index contributed by atoms with van der Waals surface area (Å²) in [5.41, 5.74) is 2.89. The number of hydrogen-bond donors (Lipinski definition) is 1. The maximum absolute atomic E-state index is 12.5. The standard InChI is InChI=1S/C22H18Cl2N4OS/c23-17-6-4-15(5-7-17)13-28-20(8-9-25-28)27-21(29)12-19-14-30-22(26-19)11-16-2-1-3-18(24)10-16/h1-10,14H,11-13H2,(H,27,29). The van der Waals surface area contributed by atoms with Crippen LogP contribution in [0.2, 0.25) is 10.0 Å². The number of anilines is 1. The summed E-state index contributed by atoms with van der Waals surface area (Å²) >= 11 is 13.5. The molecule has 0 aliphatic heterocycles. The van der Waals surface area contributed by atoms with Gasteiger partial charge in [-0.2, -0.15) is 5.10 Å². The van der Waals surface area contributed by atoms with Crippen molar-refractivity contribution in [2.45, 2.75) is 19.4 Å². The van der Waals surface area contributed by atoms with Crippen molar-refractivity contribution in [2.75, 3.05) is 5.32 Å². The Hall–Kier alpha value is -2.67. The highest BCUT2D eigenvalue weighted by molar-refractivity contribution is 7.09. The summed E-state index contributed by atoms with van der Waals surface area (Å²) < 4.78 is 1.74. The number of carbonyl (C=O) groups excluding carboxylic acids is 1. The van der Waals surface area contributed by atoms with E-state index in [9.17, 15) is 4.79 Å². The normalized spacial score (nSPS) is 10.9. The van der Waals surface area contributed by atoms with Crippen molar-refractivity contribution in [1.82, 2.24) is 14.8 Å². The monoisotopic (exact) mass is 456 g/mol. The Morgan fingerprint density at radius 3 is 2.67 bits per heavy atom. The quantitative estimate of drug-likeness (QED) is 0.401. The maximum Gasteiger partial charge on any atom is 0.231 e. The molecule has 0 fully saturated rings. The molecule has 30 heavy (non-hydrogen) atoms. The number of aromatic nitrogens is 3. The molecule has 1 N–H and O–H groups in total. The van der Waals surface area contributed by atoms with Crippen LogP contribution in [-0.4, -0.2) is 20.7 Å². The minimum Gasteiger partial charge on any atom is -0.311 e. The third-order valence-corrected chi connectivity index (χ3v) is 5.80. The number of rotatable bonds is 7. The molecule has 0 unspecified atom stereocenters. The lowest BCUT2D eigenvalue weighted by Crippen LogP contribution is -2.18. The minimum absolute atomic E-state index is 0.132. The summed E-state index contributed by atoms with van der Waals surface area (Å²) in [4.78, 5) is 17.1. The average molecular weight is 457 g/mol. The first-order valence-corrected chi connectivity index (χ1v) is 10.9. The fourth-order valence-electron chi connectivity index (χ4n) is 3.01. The van der Waals surface area contributed by atoms with E-state index in [1.807, 2.05) is 53.9 Å². The fraction of sp³-hybridized carbons (Fsp3) is 0.136. The van der Waals surface area contributed by atoms with Crippen LogP contribution in [0.1, 0.15) is 21.8 Å². The molecule has 0 spiro atoms. The molecule has 0 saturated carbocycles. The molecule has 152 valence electrons. The van der Waals surface area contributed by atoms with Gasteiger partial charge in [0, 0.05) is 27.9 Å². The van der Waals surface area contributed by atoms with E-state index in [4.69, 9.17) is 23.2 Å². The second-order valence-corrected chi connectivity index (χ2v) is 8.58. The summed E-state index contributed by atoms with van der Waals surface area (Å²) in [5.74, 6) is 0.511. The molecule has 4 rings (SSSR count). The molecule has 2 aromatic carbocycles. The van der Waals surface area contributed by atoms with Crippen LogP contribution in [0.15, 0.2) is 66.2 Å². The van der Waals surface area contributed by atoms with E-state index >= 15 is 0 Å². The zero-order valence-electron chi connectivity index (χ0n) is 15.9. The van der Waals surface area contributed by atoms with Crippen molar-refractivity contribution in [2.24, 2.45) is 0 Å². The number of amides is 1. The Bertz CT molecular complexity index is 1150. The Balaban J connectivity index is 1.36. The molecule has 0 atom stereocenters. The smallest absolute Gasteiger partial charge is 0.231 e. The van der Waals surface area contributed by atoms with E-state index in [1.54, 1.807) is 28.3 Å². The third-order valence-electron chi connectivity index (χ3n) is 4.41.